The summed E-state index contributed by atoms with van der Waals surface area (Å²) in [7, 11) is 0. The van der Waals surface area contributed by atoms with Crippen molar-refractivity contribution >= 4 is 33.1 Å². The number of halogens is 2. The van der Waals surface area contributed by atoms with E-state index < -0.39 is 11.6 Å². The molecule has 6 nitrogen and oxygen atoms in total. The van der Waals surface area contributed by atoms with Crippen LogP contribution in [0.2, 0.25) is 0 Å². The molecule has 0 saturated carbocycles. The van der Waals surface area contributed by atoms with E-state index in [1.807, 2.05) is 19.1 Å². The molecule has 0 saturated heterocycles. The number of aryl methyl sites for hydroxylation is 5. The largest absolute Gasteiger partial charge is 0.240 e. The van der Waals surface area contributed by atoms with Gasteiger partial charge in [-0.25, -0.2) is 23.7 Å². The van der Waals surface area contributed by atoms with Gasteiger partial charge in [-0.05, 0) is 109 Å². The predicted octanol–water partition coefficient (Wildman–Crippen LogP) is 17.5. The Hall–Kier alpha value is -6.80. The van der Waals surface area contributed by atoms with Crippen LogP contribution in [0.25, 0.3) is 66.9 Å². The number of hydrogen-bond donors (Lipinski definition) is 0. The summed E-state index contributed by atoms with van der Waals surface area (Å²) in [4.78, 5) is 14.6. The van der Waals surface area contributed by atoms with E-state index in [4.69, 9.17) is 9.97 Å². The highest BCUT2D eigenvalue weighted by atomic mass is 19.2. The molecule has 0 aliphatic heterocycles. The van der Waals surface area contributed by atoms with Crippen LogP contribution in [0, 0.1) is 46.3 Å². The number of para-hydroxylation sites is 2. The number of nitrogens with zero attached hydrogens (tertiary/aromatic N) is 6. The summed E-state index contributed by atoms with van der Waals surface area (Å²) < 4.78 is 35.0. The highest BCUT2D eigenvalue weighted by molar-refractivity contribution is 5.78. The minimum Gasteiger partial charge on any atom is -0.240 e. The molecule has 0 spiro atoms. The monoisotopic (exact) mass is 1060 g/mol. The fraction of sp³-hybridized carbons (Fsp3) is 0.408. The molecule has 0 aliphatic carbocycles. The molecule has 9 rings (SSSR count). The first-order valence-corrected chi connectivity index (χ1v) is 28.1. The highest BCUT2D eigenvalue weighted by Crippen LogP contribution is 2.38. The predicted molar refractivity (Wildman–Crippen MR) is 327 cm³/mol. The second-order valence-electron chi connectivity index (χ2n) is 27.7. The molecule has 79 heavy (non-hydrogen) atoms. The molecule has 0 unspecified atom stereocenters. The molecule has 0 fully saturated rings. The zero-order valence-electron chi connectivity index (χ0n) is 52.0. The molecule has 3 heterocycles. The van der Waals surface area contributed by atoms with Crippen LogP contribution < -0.4 is 13.7 Å². The Morgan fingerprint density at radius 3 is 0.987 bits per heavy atom. The standard InChI is InChI=1S/C25H33N2.C23H27F2N2.C23H29N2/c1-16-14-21-22(15-17(16)2)27(25(7,8)9)23(18(3)26-21)19-12-10-11-13-20(19)24(4,5)6;1-14-21(15-10-8-9-11-16(15)22(2,3)4)27(23(5,6)7)20-13-18(25)17(24)12-19(20)26-14;1-16-21(17-12-8-9-13-18(17)22(2,3)4)25(23(5,6)7)20-15-11-10-14-19(20)24-16/h10-15H,1-9H3;8-13H,1-7H3;8-15H,1-7H3/q3*+1. The van der Waals surface area contributed by atoms with Crippen molar-refractivity contribution < 1.29 is 22.5 Å². The second kappa shape index (κ2) is 21.7. The summed E-state index contributed by atoms with van der Waals surface area (Å²) in [6.07, 6.45) is 0. The minimum absolute atomic E-state index is 0.0480. The van der Waals surface area contributed by atoms with Crippen molar-refractivity contribution in [2.24, 2.45) is 0 Å². The van der Waals surface area contributed by atoms with E-state index in [0.29, 0.717) is 11.0 Å². The lowest BCUT2D eigenvalue weighted by Crippen LogP contribution is -2.53. The van der Waals surface area contributed by atoms with Gasteiger partial charge in [-0.1, -0.05) is 129 Å². The number of benzene rings is 6. The molecular formula is C71H89F2N6+3. The van der Waals surface area contributed by atoms with Gasteiger partial charge >= 0.3 is 0 Å². The topological polar surface area (TPSA) is 50.3 Å². The van der Waals surface area contributed by atoms with E-state index in [2.05, 4.69) is 268 Å². The zero-order valence-corrected chi connectivity index (χ0v) is 52.0. The Kier molecular flexibility index (Phi) is 16.4. The van der Waals surface area contributed by atoms with Crippen LogP contribution in [0.1, 0.15) is 170 Å². The van der Waals surface area contributed by atoms with Crippen LogP contribution in [0.5, 0.6) is 0 Å². The van der Waals surface area contributed by atoms with Crippen molar-refractivity contribution in [3.05, 3.63) is 178 Å². The van der Waals surface area contributed by atoms with Gasteiger partial charge in [0.25, 0.3) is 0 Å². The molecule has 6 aromatic carbocycles. The van der Waals surface area contributed by atoms with Gasteiger partial charge in [0.1, 0.15) is 33.6 Å². The Bertz CT molecular complexity index is 3580. The quantitative estimate of drug-likeness (QED) is 0.166. The third kappa shape index (κ3) is 12.5. The summed E-state index contributed by atoms with van der Waals surface area (Å²) in [5.41, 5.74) is 21.6. The normalized spacial score (nSPS) is 12.6. The van der Waals surface area contributed by atoms with Crippen molar-refractivity contribution in [3.8, 4) is 33.8 Å². The third-order valence-corrected chi connectivity index (χ3v) is 14.8. The Balaban J connectivity index is 0.000000172. The minimum atomic E-state index is -0.877. The lowest BCUT2D eigenvalue weighted by Gasteiger charge is -2.25. The fourth-order valence-electron chi connectivity index (χ4n) is 11.2. The number of rotatable bonds is 3. The second-order valence-corrected chi connectivity index (χ2v) is 27.7. The highest BCUT2D eigenvalue weighted by Gasteiger charge is 2.38. The Morgan fingerprint density at radius 1 is 0.316 bits per heavy atom. The van der Waals surface area contributed by atoms with Crippen LogP contribution in [-0.4, -0.2) is 15.0 Å². The maximum absolute atomic E-state index is 14.1. The van der Waals surface area contributed by atoms with Crippen LogP contribution in [0.15, 0.2) is 121 Å². The lowest BCUT2D eigenvalue weighted by atomic mass is 9.82. The summed E-state index contributed by atoms with van der Waals surface area (Å²) in [6.45, 7) is 50.6. The number of hydrogen-bond acceptors (Lipinski definition) is 3. The summed E-state index contributed by atoms with van der Waals surface area (Å²) in [6, 6.07) is 41.2. The van der Waals surface area contributed by atoms with Crippen LogP contribution in [0.3, 0.4) is 0 Å². The molecule has 0 bridgehead atoms. The van der Waals surface area contributed by atoms with Gasteiger partial charge in [-0.2, -0.15) is 13.7 Å². The summed E-state index contributed by atoms with van der Waals surface area (Å²) in [5, 5.41) is 0. The van der Waals surface area contributed by atoms with E-state index >= 15 is 0 Å². The molecule has 0 N–H and O–H groups in total. The molecule has 0 radical (unpaired) electrons. The van der Waals surface area contributed by atoms with E-state index in [1.54, 1.807) is 0 Å². The zero-order chi connectivity index (χ0) is 58.7. The van der Waals surface area contributed by atoms with Crippen molar-refractivity contribution in [2.45, 2.75) is 192 Å². The van der Waals surface area contributed by atoms with E-state index in [-0.39, 0.29) is 32.9 Å². The Morgan fingerprint density at radius 2 is 0.608 bits per heavy atom. The SMILES string of the molecule is Cc1cc2nc(C)c(-c3ccccc3C(C)(C)C)[n+](C(C)(C)C)c2cc1C.Cc1nc2cc(F)c(F)cc2[n+](C(C)(C)C)c1-c1ccccc1C(C)(C)C.Cc1nc2ccccc2[n+](C(C)(C)C)c1-c1ccccc1C(C)(C)C. The first kappa shape index (κ1) is 59.9. The molecule has 0 aliphatic rings. The van der Waals surface area contributed by atoms with Crippen LogP contribution in [0.4, 0.5) is 8.78 Å². The molecule has 0 amide bonds. The average molecular weight is 1060 g/mol. The smallest absolute Gasteiger partial charge is 0.235 e. The lowest BCUT2D eigenvalue weighted by molar-refractivity contribution is -0.721. The maximum atomic E-state index is 14.1. The van der Waals surface area contributed by atoms with Gasteiger partial charge < -0.3 is 0 Å². The maximum Gasteiger partial charge on any atom is 0.235 e. The Labute approximate surface area is 472 Å². The van der Waals surface area contributed by atoms with Gasteiger partial charge in [0.2, 0.25) is 33.6 Å². The van der Waals surface area contributed by atoms with E-state index in [0.717, 1.165) is 39.4 Å². The molecule has 9 aromatic rings. The van der Waals surface area contributed by atoms with Crippen LogP contribution >= 0.6 is 0 Å². The number of aromatic nitrogens is 6. The average Bonchev–Trinajstić information content (AvgIpc) is 3.41. The first-order chi connectivity index (χ1) is 36.4. The summed E-state index contributed by atoms with van der Waals surface area (Å²) in [5.74, 6) is -1.74. The molecular weight excluding hydrogens is 975 g/mol. The molecule has 3 aromatic heterocycles. The van der Waals surface area contributed by atoms with Crippen molar-refractivity contribution in [2.75, 3.05) is 0 Å². The van der Waals surface area contributed by atoms with Gasteiger partial charge in [-0.15, -0.1) is 0 Å². The van der Waals surface area contributed by atoms with Crippen molar-refractivity contribution in [1.82, 2.24) is 15.0 Å². The third-order valence-electron chi connectivity index (χ3n) is 14.8. The van der Waals surface area contributed by atoms with Crippen molar-refractivity contribution in [3.63, 3.8) is 0 Å². The van der Waals surface area contributed by atoms with E-state index in [1.165, 1.54) is 73.5 Å². The summed E-state index contributed by atoms with van der Waals surface area (Å²) >= 11 is 0. The van der Waals surface area contributed by atoms with Gasteiger partial charge in [-0.3, -0.25) is 0 Å². The molecule has 414 valence electrons. The van der Waals surface area contributed by atoms with E-state index in [9.17, 15) is 8.78 Å². The van der Waals surface area contributed by atoms with Crippen molar-refractivity contribution in [1.29, 1.82) is 0 Å². The molecule has 8 heteroatoms. The van der Waals surface area contributed by atoms with Gasteiger partial charge in [0.05, 0.1) is 22.8 Å². The fourth-order valence-corrected chi connectivity index (χ4v) is 11.2. The first-order valence-electron chi connectivity index (χ1n) is 28.1. The van der Waals surface area contributed by atoms with Gasteiger partial charge in [0.15, 0.2) is 28.3 Å². The molecule has 0 atom stereocenters. The van der Waals surface area contributed by atoms with Crippen LogP contribution in [-0.2, 0) is 32.9 Å². The van der Waals surface area contributed by atoms with Gasteiger partial charge in [0, 0.05) is 80.5 Å². The number of fused-ring (bicyclic) bond motifs is 3.